The van der Waals surface area contributed by atoms with Gasteiger partial charge < -0.3 is 21.9 Å². The van der Waals surface area contributed by atoms with Gasteiger partial charge in [-0.25, -0.2) is 0 Å². The number of rotatable bonds is 4. The average Bonchev–Trinajstić information content (AvgIpc) is 3.17. The van der Waals surface area contributed by atoms with E-state index in [2.05, 4.69) is 0 Å². The third-order valence-electron chi connectivity index (χ3n) is 4.10. The van der Waals surface area contributed by atoms with Crippen LogP contribution in [0, 0.1) is 11.8 Å². The molecule has 9 heteroatoms. The van der Waals surface area contributed by atoms with Crippen LogP contribution in [0.4, 0.5) is 0 Å². The molecule has 3 rings (SSSR count). The number of benzene rings is 1. The van der Waals surface area contributed by atoms with Crippen molar-refractivity contribution in [2.75, 3.05) is 0 Å². The Labute approximate surface area is 129 Å². The molecule has 0 aromatic carbocycles. The normalized spacial score (nSPS) is 27.3. The van der Waals surface area contributed by atoms with Crippen molar-refractivity contribution in [3.63, 3.8) is 0 Å². The molecule has 2 aromatic heterocycles. The number of aromatic nitrogens is 1. The molecule has 120 valence electrons. The number of carbonyl (C=O) groups is 4. The molecule has 4 unspecified atom stereocenters. The first-order chi connectivity index (χ1) is 10.8. The maximum Gasteiger partial charge on any atom is 0.261 e. The van der Waals surface area contributed by atoms with Crippen LogP contribution in [-0.2, 0) is 19.1 Å². The van der Waals surface area contributed by atoms with Gasteiger partial charge in [-0.15, -0.1) is 0 Å². The first-order valence-corrected chi connectivity index (χ1v) is 6.80. The summed E-state index contributed by atoms with van der Waals surface area (Å²) in [5.41, 5.74) is 16.9. The SMILES string of the molecule is NC(=O)C1OC(C(=O)n2c3ccc2cc3)C(C(N)=O)C1C(N)=O. The first kappa shape index (κ1) is 15.0. The van der Waals surface area contributed by atoms with Gasteiger partial charge in [-0.1, -0.05) is 0 Å². The lowest BCUT2D eigenvalue weighted by molar-refractivity contribution is -0.136. The van der Waals surface area contributed by atoms with Crippen molar-refractivity contribution in [3.8, 4) is 0 Å². The minimum absolute atomic E-state index is 0.593. The number of hydrogen-bond donors (Lipinski definition) is 3. The van der Waals surface area contributed by atoms with E-state index in [1.807, 2.05) is 0 Å². The van der Waals surface area contributed by atoms with Gasteiger partial charge in [0.1, 0.15) is 6.10 Å². The summed E-state index contributed by atoms with van der Waals surface area (Å²) < 4.78 is 6.64. The molecule has 1 fully saturated rings. The molecule has 6 N–H and O–H groups in total. The Morgan fingerprint density at radius 2 is 1.22 bits per heavy atom. The third kappa shape index (κ3) is 2.13. The van der Waals surface area contributed by atoms with Crippen LogP contribution in [0.5, 0.6) is 0 Å². The number of hydrogen-bond acceptors (Lipinski definition) is 5. The maximum absolute atomic E-state index is 12.7. The molecule has 1 aliphatic heterocycles. The summed E-state index contributed by atoms with van der Waals surface area (Å²) in [5, 5.41) is 0. The van der Waals surface area contributed by atoms with Gasteiger partial charge in [0, 0.05) is 11.0 Å². The summed E-state index contributed by atoms with van der Waals surface area (Å²) in [6.07, 6.45) is -2.89. The molecule has 2 aromatic rings. The third-order valence-corrected chi connectivity index (χ3v) is 4.10. The molecule has 23 heavy (non-hydrogen) atoms. The van der Waals surface area contributed by atoms with Gasteiger partial charge in [0.25, 0.3) is 5.91 Å². The van der Waals surface area contributed by atoms with E-state index >= 15 is 0 Å². The highest BCUT2D eigenvalue weighted by Crippen LogP contribution is 2.34. The van der Waals surface area contributed by atoms with Gasteiger partial charge in [-0.05, 0) is 24.3 Å². The predicted molar refractivity (Wildman–Crippen MR) is 77.0 cm³/mol. The zero-order valence-electron chi connectivity index (χ0n) is 11.8. The standard InChI is InChI=1S/C14H14N4O5/c15-11(19)7-8(12(16)20)10(23-9(7)13(17)21)14(22)18-5-1-2-6(18)4-3-5/h1-4,7-10H,(H2,15,19)(H2,16,20)(H2,17,21). The topological polar surface area (TPSA) is 161 Å². The fraction of sp³-hybridized carbons (Fsp3) is 0.286. The molecule has 1 aliphatic rings. The smallest absolute Gasteiger partial charge is 0.261 e. The molecule has 2 bridgehead atoms. The fourth-order valence-electron chi connectivity index (χ4n) is 3.09. The van der Waals surface area contributed by atoms with E-state index in [1.54, 1.807) is 24.3 Å². The summed E-state index contributed by atoms with van der Waals surface area (Å²) in [4.78, 5) is 47.6. The Kier molecular flexibility index (Phi) is 3.29. The number of carbonyl (C=O) groups excluding carboxylic acids is 4. The number of amides is 3. The Morgan fingerprint density at radius 1 is 0.783 bits per heavy atom. The summed E-state index contributed by atoms with van der Waals surface area (Å²) in [7, 11) is 0. The van der Waals surface area contributed by atoms with Crippen molar-refractivity contribution in [3.05, 3.63) is 24.3 Å². The zero-order chi connectivity index (χ0) is 16.9. The van der Waals surface area contributed by atoms with Gasteiger partial charge >= 0.3 is 0 Å². The van der Waals surface area contributed by atoms with Gasteiger partial charge in [-0.3, -0.25) is 23.7 Å². The van der Waals surface area contributed by atoms with Crippen molar-refractivity contribution >= 4 is 34.7 Å². The number of primary amides is 3. The van der Waals surface area contributed by atoms with E-state index in [1.165, 1.54) is 4.57 Å². The molecule has 0 spiro atoms. The molecular weight excluding hydrogens is 304 g/mol. The van der Waals surface area contributed by atoms with E-state index in [9.17, 15) is 19.2 Å². The lowest BCUT2D eigenvalue weighted by Gasteiger charge is -2.17. The second kappa shape index (κ2) is 5.06. The van der Waals surface area contributed by atoms with E-state index in [4.69, 9.17) is 21.9 Å². The first-order valence-electron chi connectivity index (χ1n) is 6.80. The van der Waals surface area contributed by atoms with Crippen molar-refractivity contribution in [2.45, 2.75) is 12.2 Å². The van der Waals surface area contributed by atoms with Gasteiger partial charge in [-0.2, -0.15) is 0 Å². The van der Waals surface area contributed by atoms with Gasteiger partial charge in [0.05, 0.1) is 11.8 Å². The minimum atomic E-state index is -1.48. The molecule has 0 saturated carbocycles. The molecule has 1 saturated heterocycles. The van der Waals surface area contributed by atoms with Gasteiger partial charge in [0.15, 0.2) is 6.10 Å². The Bertz CT molecular complexity index is 765. The second-order valence-corrected chi connectivity index (χ2v) is 5.43. The largest absolute Gasteiger partial charge is 0.369 e. The Morgan fingerprint density at radius 3 is 1.61 bits per heavy atom. The van der Waals surface area contributed by atoms with E-state index in [0.29, 0.717) is 11.0 Å². The molecule has 4 atom stereocenters. The fourth-order valence-corrected chi connectivity index (χ4v) is 3.09. The van der Waals surface area contributed by atoms with Crippen LogP contribution < -0.4 is 17.2 Å². The molecule has 3 amide bonds. The van der Waals surface area contributed by atoms with Crippen molar-refractivity contribution in [1.29, 1.82) is 0 Å². The number of nitrogens with zero attached hydrogens (tertiary/aromatic N) is 1. The van der Waals surface area contributed by atoms with Crippen molar-refractivity contribution in [1.82, 2.24) is 4.57 Å². The van der Waals surface area contributed by atoms with Crippen LogP contribution in [0.1, 0.15) is 4.79 Å². The number of ether oxygens (including phenoxy) is 1. The highest BCUT2D eigenvalue weighted by molar-refractivity contribution is 6.01. The Balaban J connectivity index is 2.03. The predicted octanol–water partition coefficient (Wildman–Crippen LogP) is -1.82. The van der Waals surface area contributed by atoms with E-state index in [0.717, 1.165) is 0 Å². The van der Waals surface area contributed by atoms with Crippen LogP contribution in [0.2, 0.25) is 0 Å². The summed E-state index contributed by atoms with van der Waals surface area (Å²) >= 11 is 0. The van der Waals surface area contributed by atoms with Crippen LogP contribution in [0.3, 0.4) is 0 Å². The number of fused-ring (bicyclic) bond motifs is 2. The summed E-state index contributed by atoms with van der Waals surface area (Å²) in [6.45, 7) is 0. The zero-order valence-corrected chi connectivity index (χ0v) is 11.8. The maximum atomic E-state index is 12.7. The lowest BCUT2D eigenvalue weighted by atomic mass is 9.85. The van der Waals surface area contributed by atoms with Crippen LogP contribution >= 0.6 is 0 Å². The van der Waals surface area contributed by atoms with Gasteiger partial charge in [0.2, 0.25) is 17.7 Å². The monoisotopic (exact) mass is 318 g/mol. The molecule has 9 nitrogen and oxygen atoms in total. The molecule has 0 aliphatic carbocycles. The lowest BCUT2D eigenvalue weighted by Crippen LogP contribution is -2.46. The average molecular weight is 318 g/mol. The highest BCUT2D eigenvalue weighted by atomic mass is 16.5. The highest BCUT2D eigenvalue weighted by Gasteiger charge is 2.55. The molecule has 3 heterocycles. The van der Waals surface area contributed by atoms with Crippen LogP contribution in [0.15, 0.2) is 24.3 Å². The van der Waals surface area contributed by atoms with E-state index < -0.39 is 47.7 Å². The molecular formula is C14H14N4O5. The van der Waals surface area contributed by atoms with Crippen LogP contribution in [-0.4, -0.2) is 40.4 Å². The van der Waals surface area contributed by atoms with Crippen molar-refractivity contribution in [2.24, 2.45) is 29.0 Å². The summed E-state index contributed by atoms with van der Waals surface area (Å²) in [6, 6.07) is 6.83. The van der Waals surface area contributed by atoms with Crippen LogP contribution in [0.25, 0.3) is 11.0 Å². The number of nitrogens with two attached hydrogens (primary N) is 3. The van der Waals surface area contributed by atoms with Crippen molar-refractivity contribution < 1.29 is 23.9 Å². The quantitative estimate of drug-likeness (QED) is 0.603. The Hall–Kier alpha value is -2.94. The minimum Gasteiger partial charge on any atom is -0.369 e. The van der Waals surface area contributed by atoms with E-state index in [-0.39, 0.29) is 0 Å². The summed E-state index contributed by atoms with van der Waals surface area (Å²) in [5.74, 6) is -6.28. The molecule has 0 radical (unpaired) electrons. The second-order valence-electron chi connectivity index (χ2n) is 5.43.